The Hall–Kier alpha value is -1.47. The molecule has 0 saturated carbocycles. The summed E-state index contributed by atoms with van der Waals surface area (Å²) in [5, 5.41) is 9.90. The molecule has 0 bridgehead atoms. The number of hydrogen-bond donors (Lipinski definition) is 3. The summed E-state index contributed by atoms with van der Waals surface area (Å²) in [7, 11) is 0. The van der Waals surface area contributed by atoms with Crippen LogP contribution in [0.15, 0.2) is 0 Å². The maximum absolute atomic E-state index is 13.0. The number of amides is 1. The van der Waals surface area contributed by atoms with E-state index in [1.54, 1.807) is 0 Å². The molecule has 5 N–H and O–H groups in total. The third-order valence-electron chi connectivity index (χ3n) is 5.74. The number of unbranched alkanes of at least 4 members (excludes halogenated alkanes) is 4. The quantitative estimate of drug-likeness (QED) is 0.305. The Balaban J connectivity index is 2.80. The van der Waals surface area contributed by atoms with E-state index in [2.05, 4.69) is 13.8 Å². The number of carboxylic acids is 1. The number of nitrogens with zero attached hydrogens (tertiary/aromatic N) is 1. The predicted molar refractivity (Wildman–Crippen MR) is 110 cm³/mol. The molecule has 7 heteroatoms. The van der Waals surface area contributed by atoms with Gasteiger partial charge in [0.2, 0.25) is 5.91 Å². The fraction of sp³-hybridized carbons (Fsp3) is 0.857. The summed E-state index contributed by atoms with van der Waals surface area (Å²) in [4.78, 5) is 39.2. The van der Waals surface area contributed by atoms with Crippen molar-refractivity contribution in [1.82, 2.24) is 4.90 Å². The highest BCUT2D eigenvalue weighted by Gasteiger charge is 2.55. The molecule has 0 unspecified atom stereocenters. The molecule has 0 radical (unpaired) electrons. The standard InChI is InChI=1S/C21H39N3O4/c1-3-5-7-10-16(22)14-18(25)21(20(27)28)12-9-13-24(21)19(26)15-17(23)11-8-6-4-2/h16-17H,3-15,22-23H2,1-2H3,(H,27,28)/t16-,17-,21+/m0/s1. The Morgan fingerprint density at radius 1 is 0.964 bits per heavy atom. The number of carboxylic acid groups (broad SMARTS) is 1. The van der Waals surface area contributed by atoms with E-state index in [9.17, 15) is 19.5 Å². The molecule has 0 aromatic heterocycles. The van der Waals surface area contributed by atoms with Crippen LogP contribution < -0.4 is 11.5 Å². The molecular formula is C21H39N3O4. The van der Waals surface area contributed by atoms with Crippen LogP contribution in [0.2, 0.25) is 0 Å². The number of nitrogens with two attached hydrogens (primary N) is 2. The maximum atomic E-state index is 13.0. The molecule has 1 heterocycles. The first-order valence-corrected chi connectivity index (χ1v) is 10.9. The van der Waals surface area contributed by atoms with Crippen molar-refractivity contribution in [3.8, 4) is 0 Å². The fourth-order valence-corrected chi connectivity index (χ4v) is 4.05. The van der Waals surface area contributed by atoms with Crippen LogP contribution in [0.1, 0.15) is 90.9 Å². The molecule has 3 atom stereocenters. The summed E-state index contributed by atoms with van der Waals surface area (Å²) in [5.74, 6) is -2.03. The molecule has 1 rings (SSSR count). The van der Waals surface area contributed by atoms with Gasteiger partial charge in [-0.3, -0.25) is 9.59 Å². The molecule has 0 aromatic carbocycles. The van der Waals surface area contributed by atoms with Gasteiger partial charge in [-0.25, -0.2) is 4.79 Å². The predicted octanol–water partition coefficient (Wildman–Crippen LogP) is 2.60. The number of aliphatic carboxylic acids is 1. The second-order valence-corrected chi connectivity index (χ2v) is 8.16. The van der Waals surface area contributed by atoms with Crippen LogP contribution in [0.25, 0.3) is 0 Å². The van der Waals surface area contributed by atoms with Gasteiger partial charge in [0, 0.05) is 31.5 Å². The SMILES string of the molecule is CCCCC[C@H](N)CC(=O)N1CCC[C@]1(C(=O)O)C(=O)C[C@@H](N)CCCCC. The monoisotopic (exact) mass is 397 g/mol. The lowest BCUT2D eigenvalue weighted by Crippen LogP contribution is -2.59. The lowest BCUT2D eigenvalue weighted by atomic mass is 9.86. The minimum Gasteiger partial charge on any atom is -0.479 e. The summed E-state index contributed by atoms with van der Waals surface area (Å²) < 4.78 is 0. The molecule has 28 heavy (non-hydrogen) atoms. The van der Waals surface area contributed by atoms with Crippen LogP contribution in [0, 0.1) is 0 Å². The second kappa shape index (κ2) is 12.2. The van der Waals surface area contributed by atoms with Crippen LogP contribution in [-0.2, 0) is 14.4 Å². The molecule has 7 nitrogen and oxygen atoms in total. The molecule has 1 aliphatic heterocycles. The number of carbonyl (C=O) groups is 3. The molecule has 162 valence electrons. The third kappa shape index (κ3) is 6.55. The van der Waals surface area contributed by atoms with Gasteiger partial charge in [0.1, 0.15) is 0 Å². The minimum absolute atomic E-state index is 0.0116. The van der Waals surface area contributed by atoms with Crippen molar-refractivity contribution in [2.24, 2.45) is 11.5 Å². The number of carbonyl (C=O) groups excluding carboxylic acids is 2. The summed E-state index contributed by atoms with van der Waals surface area (Å²) in [6, 6.07) is -0.679. The fourth-order valence-electron chi connectivity index (χ4n) is 4.05. The van der Waals surface area contributed by atoms with E-state index in [4.69, 9.17) is 11.5 Å². The number of ketones is 1. The van der Waals surface area contributed by atoms with Crippen molar-refractivity contribution >= 4 is 17.7 Å². The molecule has 0 spiro atoms. The molecule has 0 aliphatic carbocycles. The lowest BCUT2D eigenvalue weighted by Gasteiger charge is -2.34. The Labute approximate surface area is 169 Å². The van der Waals surface area contributed by atoms with Gasteiger partial charge in [0.05, 0.1) is 0 Å². The van der Waals surface area contributed by atoms with Crippen molar-refractivity contribution < 1.29 is 19.5 Å². The van der Waals surface area contributed by atoms with Gasteiger partial charge in [0.25, 0.3) is 0 Å². The highest BCUT2D eigenvalue weighted by Crippen LogP contribution is 2.33. The van der Waals surface area contributed by atoms with Gasteiger partial charge in [-0.1, -0.05) is 52.4 Å². The maximum Gasteiger partial charge on any atom is 0.337 e. The number of hydrogen-bond acceptors (Lipinski definition) is 5. The number of Topliss-reactive ketones (excluding diaryl/α,β-unsaturated/α-hetero) is 1. The van der Waals surface area contributed by atoms with Gasteiger partial charge in [-0.15, -0.1) is 0 Å². The largest absolute Gasteiger partial charge is 0.479 e. The Kier molecular flexibility index (Phi) is 10.7. The highest BCUT2D eigenvalue weighted by molar-refractivity contribution is 6.10. The summed E-state index contributed by atoms with van der Waals surface area (Å²) in [5.41, 5.74) is 10.4. The average molecular weight is 398 g/mol. The number of likely N-dealkylation sites (tertiary alicyclic amines) is 1. The normalized spacial score (nSPS) is 21.5. The summed E-state index contributed by atoms with van der Waals surface area (Å²) in [6.45, 7) is 4.47. The topological polar surface area (TPSA) is 127 Å². The molecule has 1 amide bonds. The Morgan fingerprint density at radius 2 is 1.50 bits per heavy atom. The minimum atomic E-state index is -1.78. The van der Waals surface area contributed by atoms with Gasteiger partial charge < -0.3 is 21.5 Å². The Morgan fingerprint density at radius 3 is 2.00 bits per heavy atom. The zero-order chi connectivity index (χ0) is 21.2. The van der Waals surface area contributed by atoms with E-state index < -0.39 is 17.3 Å². The van der Waals surface area contributed by atoms with Crippen molar-refractivity contribution in [2.45, 2.75) is 109 Å². The zero-order valence-electron chi connectivity index (χ0n) is 17.6. The lowest BCUT2D eigenvalue weighted by molar-refractivity contribution is -0.162. The van der Waals surface area contributed by atoms with Crippen LogP contribution in [0.5, 0.6) is 0 Å². The van der Waals surface area contributed by atoms with Crippen LogP contribution >= 0.6 is 0 Å². The van der Waals surface area contributed by atoms with E-state index in [0.717, 1.165) is 44.9 Å². The van der Waals surface area contributed by atoms with Gasteiger partial charge in [-0.05, 0) is 25.7 Å². The highest BCUT2D eigenvalue weighted by atomic mass is 16.4. The average Bonchev–Trinajstić information content (AvgIpc) is 3.08. The van der Waals surface area contributed by atoms with E-state index in [1.165, 1.54) is 4.90 Å². The van der Waals surface area contributed by atoms with E-state index in [1.807, 2.05) is 0 Å². The van der Waals surface area contributed by atoms with Crippen LogP contribution in [-0.4, -0.2) is 51.8 Å². The van der Waals surface area contributed by atoms with Crippen molar-refractivity contribution in [3.63, 3.8) is 0 Å². The molecule has 0 aromatic rings. The molecular weight excluding hydrogens is 358 g/mol. The van der Waals surface area contributed by atoms with Crippen LogP contribution in [0.3, 0.4) is 0 Å². The zero-order valence-corrected chi connectivity index (χ0v) is 17.6. The summed E-state index contributed by atoms with van der Waals surface area (Å²) in [6.07, 6.45) is 8.21. The second-order valence-electron chi connectivity index (χ2n) is 8.16. The van der Waals surface area contributed by atoms with Crippen LogP contribution in [0.4, 0.5) is 0 Å². The van der Waals surface area contributed by atoms with E-state index in [0.29, 0.717) is 12.8 Å². The van der Waals surface area contributed by atoms with Crippen molar-refractivity contribution in [3.05, 3.63) is 0 Å². The molecule has 1 saturated heterocycles. The van der Waals surface area contributed by atoms with Gasteiger partial charge in [-0.2, -0.15) is 0 Å². The third-order valence-corrected chi connectivity index (χ3v) is 5.74. The van der Waals surface area contributed by atoms with E-state index in [-0.39, 0.29) is 43.8 Å². The first kappa shape index (κ1) is 24.6. The number of rotatable bonds is 14. The van der Waals surface area contributed by atoms with Crippen molar-refractivity contribution in [2.75, 3.05) is 6.54 Å². The van der Waals surface area contributed by atoms with E-state index >= 15 is 0 Å². The van der Waals surface area contributed by atoms with Gasteiger partial charge in [0.15, 0.2) is 11.3 Å². The van der Waals surface area contributed by atoms with Crippen molar-refractivity contribution in [1.29, 1.82) is 0 Å². The smallest absolute Gasteiger partial charge is 0.337 e. The van der Waals surface area contributed by atoms with Gasteiger partial charge >= 0.3 is 5.97 Å². The molecule has 1 aliphatic rings. The first-order valence-electron chi connectivity index (χ1n) is 10.9. The molecule has 1 fully saturated rings. The summed E-state index contributed by atoms with van der Waals surface area (Å²) >= 11 is 0. The first-order chi connectivity index (χ1) is 13.3. The Bertz CT molecular complexity index is 526.